The van der Waals surface area contributed by atoms with Crippen molar-refractivity contribution in [2.75, 3.05) is 31.5 Å². The van der Waals surface area contributed by atoms with Crippen molar-refractivity contribution in [1.29, 1.82) is 0 Å². The van der Waals surface area contributed by atoms with Gasteiger partial charge in [0.2, 0.25) is 5.91 Å². The van der Waals surface area contributed by atoms with Gasteiger partial charge in [-0.2, -0.15) is 4.31 Å². The number of rotatable bonds is 10. The number of fused-ring (bicyclic) bond motifs is 1. The summed E-state index contributed by atoms with van der Waals surface area (Å²) in [6.45, 7) is 7.04. The van der Waals surface area contributed by atoms with Crippen molar-refractivity contribution >= 4 is 44.0 Å². The number of unbranched alkanes of at least 4 members (excludes halogenated alkanes) is 2. The molecular formula is C28H34N6O3S2. The summed E-state index contributed by atoms with van der Waals surface area (Å²) < 4.78 is 30.7. The van der Waals surface area contributed by atoms with Crippen LogP contribution in [0.2, 0.25) is 0 Å². The molecule has 1 atom stereocenters. The summed E-state index contributed by atoms with van der Waals surface area (Å²) in [5.41, 5.74) is 3.21. The number of thiophene rings is 1. The van der Waals surface area contributed by atoms with E-state index in [9.17, 15) is 13.2 Å². The molecule has 0 unspecified atom stereocenters. The molecule has 0 radical (unpaired) electrons. The number of aromatic nitrogens is 3. The van der Waals surface area contributed by atoms with E-state index in [0.29, 0.717) is 18.8 Å². The lowest BCUT2D eigenvalue weighted by molar-refractivity contribution is -0.121. The molecule has 1 fully saturated rings. The summed E-state index contributed by atoms with van der Waals surface area (Å²) >= 11 is 1.17. The number of carbonyl (C=O) groups excluding carboxylic acids is 1. The molecule has 1 amide bonds. The number of carbonyl (C=O) groups is 1. The van der Waals surface area contributed by atoms with Crippen LogP contribution < -0.4 is 5.32 Å². The Morgan fingerprint density at radius 3 is 2.72 bits per heavy atom. The predicted molar refractivity (Wildman–Crippen MR) is 155 cm³/mol. The number of hydrogen-bond acceptors (Lipinski definition) is 7. The van der Waals surface area contributed by atoms with Gasteiger partial charge in [-0.25, -0.2) is 13.4 Å². The van der Waals surface area contributed by atoms with Gasteiger partial charge in [-0.05, 0) is 61.7 Å². The van der Waals surface area contributed by atoms with Crippen molar-refractivity contribution in [1.82, 2.24) is 23.7 Å². The van der Waals surface area contributed by atoms with E-state index in [2.05, 4.69) is 33.6 Å². The summed E-state index contributed by atoms with van der Waals surface area (Å²) in [6.07, 6.45) is 6.76. The summed E-state index contributed by atoms with van der Waals surface area (Å²) in [5.74, 6) is 0.476. The van der Waals surface area contributed by atoms with Gasteiger partial charge < -0.3 is 9.88 Å². The van der Waals surface area contributed by atoms with Gasteiger partial charge in [-0.3, -0.25) is 14.7 Å². The number of imidazole rings is 1. The quantitative estimate of drug-likeness (QED) is 0.280. The second kappa shape index (κ2) is 12.0. The number of anilines is 1. The number of aryl methyl sites for hydroxylation is 1. The van der Waals surface area contributed by atoms with Gasteiger partial charge in [0.25, 0.3) is 10.0 Å². The Morgan fingerprint density at radius 1 is 1.13 bits per heavy atom. The van der Waals surface area contributed by atoms with Crippen LogP contribution in [-0.4, -0.2) is 70.3 Å². The second-order valence-corrected chi connectivity index (χ2v) is 12.8. The number of benzene rings is 1. The summed E-state index contributed by atoms with van der Waals surface area (Å²) in [4.78, 5) is 24.9. The van der Waals surface area contributed by atoms with Gasteiger partial charge in [0, 0.05) is 49.8 Å². The molecule has 0 aliphatic carbocycles. The van der Waals surface area contributed by atoms with Crippen molar-refractivity contribution in [3.63, 3.8) is 0 Å². The van der Waals surface area contributed by atoms with E-state index in [1.165, 1.54) is 15.6 Å². The topological polar surface area (TPSA) is 100 Å². The number of nitrogens with zero attached hydrogens (tertiary/aromatic N) is 5. The van der Waals surface area contributed by atoms with Gasteiger partial charge in [0.1, 0.15) is 16.1 Å². The zero-order chi connectivity index (χ0) is 27.4. The molecule has 0 bridgehead atoms. The minimum Gasteiger partial charge on any atom is -0.325 e. The molecule has 39 heavy (non-hydrogen) atoms. The Bertz CT molecular complexity index is 1520. The first-order chi connectivity index (χ1) is 18.9. The molecule has 0 spiro atoms. The maximum absolute atomic E-state index is 13.7. The minimum absolute atomic E-state index is 0.259. The first-order valence-corrected chi connectivity index (χ1v) is 15.7. The number of pyridine rings is 1. The van der Waals surface area contributed by atoms with Crippen LogP contribution in [0, 0.1) is 0 Å². The Balaban J connectivity index is 1.41. The van der Waals surface area contributed by atoms with Crippen molar-refractivity contribution in [2.24, 2.45) is 0 Å². The molecule has 3 aromatic heterocycles. The predicted octanol–water partition coefficient (Wildman–Crippen LogP) is 4.68. The van der Waals surface area contributed by atoms with Gasteiger partial charge in [0.05, 0.1) is 11.0 Å². The molecule has 4 heterocycles. The van der Waals surface area contributed by atoms with E-state index in [1.807, 2.05) is 30.3 Å². The molecule has 1 aliphatic heterocycles. The van der Waals surface area contributed by atoms with E-state index >= 15 is 0 Å². The van der Waals surface area contributed by atoms with Crippen LogP contribution >= 0.6 is 11.3 Å². The Hall–Kier alpha value is -3.12. The molecule has 9 nitrogen and oxygen atoms in total. The zero-order valence-electron chi connectivity index (χ0n) is 22.3. The number of nitrogens with one attached hydrogen (secondary N) is 1. The SMILES string of the molecule is CCCCCN1CCN(S(=O)(=O)c2cccs2)[C@H](C(=O)Nc2ccc3c(c2)nc(-c2cccnc2)n3CC)C1. The zero-order valence-corrected chi connectivity index (χ0v) is 23.9. The van der Waals surface area contributed by atoms with Crippen LogP contribution in [-0.2, 0) is 21.4 Å². The molecule has 1 N–H and O–H groups in total. The fourth-order valence-electron chi connectivity index (χ4n) is 5.11. The van der Waals surface area contributed by atoms with Crippen molar-refractivity contribution < 1.29 is 13.2 Å². The first kappa shape index (κ1) is 27.4. The van der Waals surface area contributed by atoms with Gasteiger partial charge >= 0.3 is 0 Å². The average Bonchev–Trinajstić information content (AvgIpc) is 3.62. The number of piperazine rings is 1. The number of amides is 1. The molecule has 206 valence electrons. The summed E-state index contributed by atoms with van der Waals surface area (Å²) in [5, 5.41) is 4.74. The molecule has 1 aromatic carbocycles. The minimum atomic E-state index is -3.78. The fraction of sp³-hybridized carbons (Fsp3) is 0.393. The second-order valence-electron chi connectivity index (χ2n) is 9.69. The third-order valence-corrected chi connectivity index (χ3v) is 10.4. The van der Waals surface area contributed by atoms with Gasteiger partial charge in [0.15, 0.2) is 0 Å². The highest BCUT2D eigenvalue weighted by Crippen LogP contribution is 2.28. The van der Waals surface area contributed by atoms with Crippen LogP contribution in [0.4, 0.5) is 5.69 Å². The summed E-state index contributed by atoms with van der Waals surface area (Å²) in [6, 6.07) is 12.0. The van der Waals surface area contributed by atoms with Crippen LogP contribution in [0.5, 0.6) is 0 Å². The molecule has 1 aliphatic rings. The third-order valence-electron chi connectivity index (χ3n) is 7.11. The average molecular weight is 567 g/mol. The molecule has 5 rings (SSSR count). The van der Waals surface area contributed by atoms with E-state index in [1.54, 1.807) is 29.9 Å². The van der Waals surface area contributed by atoms with E-state index in [4.69, 9.17) is 4.98 Å². The van der Waals surface area contributed by atoms with Gasteiger partial charge in [-0.1, -0.05) is 25.8 Å². The van der Waals surface area contributed by atoms with Crippen LogP contribution in [0.25, 0.3) is 22.4 Å². The standard InChI is InChI=1S/C28H34N6O3S2/c1-3-5-6-14-32-15-16-34(39(36,37)26-10-8-17-38-26)25(20-32)28(35)30-22-11-12-24-23(18-22)31-27(33(24)4-2)21-9-7-13-29-19-21/h7-13,17-19,25H,3-6,14-16,20H2,1-2H3,(H,30,35)/t25-/m0/s1. The first-order valence-electron chi connectivity index (χ1n) is 13.4. The van der Waals surface area contributed by atoms with Gasteiger partial charge in [-0.15, -0.1) is 11.3 Å². The molecule has 0 saturated carbocycles. The Morgan fingerprint density at radius 2 is 2.00 bits per heavy atom. The van der Waals surface area contributed by atoms with Crippen molar-refractivity contribution in [3.8, 4) is 11.4 Å². The third kappa shape index (κ3) is 5.76. The van der Waals surface area contributed by atoms with Crippen molar-refractivity contribution in [3.05, 3.63) is 60.2 Å². The highest BCUT2D eigenvalue weighted by Gasteiger charge is 2.40. The lowest BCUT2D eigenvalue weighted by Gasteiger charge is -2.39. The van der Waals surface area contributed by atoms with E-state index in [-0.39, 0.29) is 16.7 Å². The number of hydrogen-bond donors (Lipinski definition) is 1. The summed E-state index contributed by atoms with van der Waals surface area (Å²) in [7, 11) is -3.78. The molecular weight excluding hydrogens is 532 g/mol. The Kier molecular flexibility index (Phi) is 8.41. The molecule has 4 aromatic rings. The lowest BCUT2D eigenvalue weighted by atomic mass is 10.1. The normalized spacial score (nSPS) is 17.0. The van der Waals surface area contributed by atoms with Crippen molar-refractivity contribution in [2.45, 2.75) is 49.9 Å². The maximum atomic E-state index is 13.7. The van der Waals surface area contributed by atoms with Crippen LogP contribution in [0.15, 0.2) is 64.4 Å². The van der Waals surface area contributed by atoms with E-state index < -0.39 is 16.1 Å². The fourth-order valence-corrected chi connectivity index (χ4v) is 7.80. The maximum Gasteiger partial charge on any atom is 0.253 e. The largest absolute Gasteiger partial charge is 0.325 e. The molecule has 11 heteroatoms. The van der Waals surface area contributed by atoms with E-state index in [0.717, 1.165) is 54.8 Å². The molecule has 1 saturated heterocycles. The van der Waals surface area contributed by atoms with Crippen LogP contribution in [0.3, 0.4) is 0 Å². The monoisotopic (exact) mass is 566 g/mol. The number of sulfonamides is 1. The Labute approximate surface area is 233 Å². The lowest BCUT2D eigenvalue weighted by Crippen LogP contribution is -2.59. The van der Waals surface area contributed by atoms with Crippen LogP contribution in [0.1, 0.15) is 33.1 Å². The highest BCUT2D eigenvalue weighted by atomic mass is 32.2. The smallest absolute Gasteiger partial charge is 0.253 e. The highest BCUT2D eigenvalue weighted by molar-refractivity contribution is 7.91.